The topological polar surface area (TPSA) is 71.2 Å². The molecule has 70 valence electrons. The minimum atomic E-state index is 0.470. The van der Waals surface area contributed by atoms with E-state index in [0.717, 1.165) is 24.8 Å². The summed E-state index contributed by atoms with van der Waals surface area (Å²) in [5.41, 5.74) is 10.0. The van der Waals surface area contributed by atoms with Crippen molar-refractivity contribution >= 4 is 11.6 Å². The van der Waals surface area contributed by atoms with Crippen molar-refractivity contribution in [3.05, 3.63) is 17.2 Å². The molecule has 0 spiro atoms. The van der Waals surface area contributed by atoms with Crippen molar-refractivity contribution in [2.75, 3.05) is 11.2 Å². The maximum Gasteiger partial charge on any atom is 0.155 e. The fourth-order valence-electron chi connectivity index (χ4n) is 1.86. The number of nitrogens with two attached hydrogens (primary N) is 1. The Balaban J connectivity index is 2.50. The van der Waals surface area contributed by atoms with Gasteiger partial charge in [-0.05, 0) is 42.9 Å². The molecule has 1 aromatic rings. The first-order chi connectivity index (χ1) is 6.31. The van der Waals surface area contributed by atoms with Crippen molar-refractivity contribution in [3.63, 3.8) is 0 Å². The first-order valence-corrected chi connectivity index (χ1v) is 4.49. The number of nitrogens with zero attached hydrogens (tertiary/aromatic N) is 1. The molecule has 0 saturated heterocycles. The zero-order chi connectivity index (χ0) is 9.26. The largest absolute Gasteiger partial charge is 0.384 e. The van der Waals surface area contributed by atoms with E-state index in [4.69, 9.17) is 10.9 Å². The van der Waals surface area contributed by atoms with Gasteiger partial charge in [0.25, 0.3) is 0 Å². The molecule has 1 aliphatic carbocycles. The van der Waals surface area contributed by atoms with Crippen molar-refractivity contribution in [2.24, 2.45) is 0 Å². The Morgan fingerprint density at radius 2 is 2.15 bits per heavy atom. The average molecular weight is 179 g/mol. The minimum absolute atomic E-state index is 0.470. The van der Waals surface area contributed by atoms with Crippen LogP contribution in [-0.4, -0.2) is 10.2 Å². The smallest absolute Gasteiger partial charge is 0.155 e. The number of nitrogens with one attached hydrogen (secondary N) is 1. The number of anilines is 2. The minimum Gasteiger partial charge on any atom is -0.384 e. The lowest BCUT2D eigenvalue weighted by molar-refractivity contribution is 0.384. The van der Waals surface area contributed by atoms with E-state index < -0.39 is 0 Å². The highest BCUT2D eigenvalue weighted by Gasteiger charge is 2.14. The molecule has 0 aliphatic heterocycles. The molecular formula is C9H13N3O. The summed E-state index contributed by atoms with van der Waals surface area (Å²) in [6.45, 7) is 0. The Bertz CT molecular complexity index is 308. The molecule has 0 amide bonds. The fourth-order valence-corrected chi connectivity index (χ4v) is 1.86. The normalized spacial score (nSPS) is 15.2. The molecule has 0 atom stereocenters. The summed E-state index contributed by atoms with van der Waals surface area (Å²) in [7, 11) is 0. The van der Waals surface area contributed by atoms with Gasteiger partial charge in [0.15, 0.2) is 5.82 Å². The number of nitrogen functional groups attached to an aromatic ring is 1. The molecule has 13 heavy (non-hydrogen) atoms. The van der Waals surface area contributed by atoms with Gasteiger partial charge in [-0.25, -0.2) is 4.98 Å². The molecule has 0 fully saturated rings. The molecule has 0 bridgehead atoms. The van der Waals surface area contributed by atoms with Gasteiger partial charge in [-0.3, -0.25) is 10.7 Å². The van der Waals surface area contributed by atoms with E-state index in [-0.39, 0.29) is 0 Å². The highest BCUT2D eigenvalue weighted by molar-refractivity contribution is 5.54. The Morgan fingerprint density at radius 3 is 2.92 bits per heavy atom. The predicted octanol–water partition coefficient (Wildman–Crippen LogP) is 1.34. The van der Waals surface area contributed by atoms with E-state index in [1.54, 1.807) is 0 Å². The molecule has 0 radical (unpaired) electrons. The Hall–Kier alpha value is -1.29. The van der Waals surface area contributed by atoms with Crippen LogP contribution < -0.4 is 11.2 Å². The van der Waals surface area contributed by atoms with Crippen LogP contribution >= 0.6 is 0 Å². The maximum atomic E-state index is 8.85. The van der Waals surface area contributed by atoms with E-state index in [1.807, 2.05) is 6.07 Å². The monoisotopic (exact) mass is 179 g/mol. The fraction of sp³-hybridized carbons (Fsp3) is 0.444. The molecule has 0 aromatic carbocycles. The number of hydrogen-bond donors (Lipinski definition) is 3. The van der Waals surface area contributed by atoms with Crippen LogP contribution in [0, 0.1) is 0 Å². The molecular weight excluding hydrogens is 166 g/mol. The Labute approximate surface area is 76.7 Å². The first-order valence-electron chi connectivity index (χ1n) is 4.49. The zero-order valence-corrected chi connectivity index (χ0v) is 7.38. The summed E-state index contributed by atoms with van der Waals surface area (Å²) >= 11 is 0. The molecule has 4 heteroatoms. The number of pyridine rings is 1. The summed E-state index contributed by atoms with van der Waals surface area (Å²) in [5, 5.41) is 8.85. The lowest BCUT2D eigenvalue weighted by Gasteiger charge is -2.18. The van der Waals surface area contributed by atoms with Crippen LogP contribution in [-0.2, 0) is 12.8 Å². The number of aromatic nitrogens is 1. The van der Waals surface area contributed by atoms with Crippen molar-refractivity contribution in [3.8, 4) is 0 Å². The van der Waals surface area contributed by atoms with Crippen LogP contribution in [0.15, 0.2) is 6.07 Å². The van der Waals surface area contributed by atoms with E-state index >= 15 is 0 Å². The highest BCUT2D eigenvalue weighted by Crippen LogP contribution is 2.27. The van der Waals surface area contributed by atoms with Gasteiger partial charge in [0.1, 0.15) is 5.82 Å². The number of aryl methyl sites for hydroxylation is 1. The zero-order valence-electron chi connectivity index (χ0n) is 7.38. The van der Waals surface area contributed by atoms with Crippen LogP contribution in [0.3, 0.4) is 0 Å². The van der Waals surface area contributed by atoms with Crippen molar-refractivity contribution in [1.82, 2.24) is 4.98 Å². The summed E-state index contributed by atoms with van der Waals surface area (Å²) in [6.07, 6.45) is 4.37. The van der Waals surface area contributed by atoms with Gasteiger partial charge < -0.3 is 5.73 Å². The number of fused-ring (bicyclic) bond motifs is 1. The van der Waals surface area contributed by atoms with Crippen molar-refractivity contribution < 1.29 is 5.21 Å². The lowest BCUT2D eigenvalue weighted by Crippen LogP contribution is -2.10. The van der Waals surface area contributed by atoms with E-state index in [1.165, 1.54) is 12.0 Å². The standard InChI is InChI=1S/C9H13N3O/c10-8-5-6-3-1-2-4-7(6)9(11-8)12-13/h5,13H,1-4H2,(H3,10,11,12). The van der Waals surface area contributed by atoms with Crippen LogP contribution in [0.4, 0.5) is 11.6 Å². The third-order valence-electron chi connectivity index (χ3n) is 2.47. The molecule has 4 N–H and O–H groups in total. The highest BCUT2D eigenvalue weighted by atomic mass is 16.5. The third-order valence-corrected chi connectivity index (χ3v) is 2.47. The second kappa shape index (κ2) is 3.22. The van der Waals surface area contributed by atoms with Gasteiger partial charge in [-0.15, -0.1) is 0 Å². The van der Waals surface area contributed by atoms with E-state index in [2.05, 4.69) is 10.5 Å². The molecule has 1 aromatic heterocycles. The summed E-state index contributed by atoms with van der Waals surface area (Å²) < 4.78 is 0. The van der Waals surface area contributed by atoms with Crippen LogP contribution in [0.25, 0.3) is 0 Å². The molecule has 0 unspecified atom stereocenters. The van der Waals surface area contributed by atoms with Gasteiger partial charge in [0, 0.05) is 0 Å². The van der Waals surface area contributed by atoms with Gasteiger partial charge in [0.2, 0.25) is 0 Å². The van der Waals surface area contributed by atoms with Crippen molar-refractivity contribution in [2.45, 2.75) is 25.7 Å². The molecule has 1 heterocycles. The van der Waals surface area contributed by atoms with Crippen LogP contribution in [0.1, 0.15) is 24.0 Å². The summed E-state index contributed by atoms with van der Waals surface area (Å²) in [6, 6.07) is 1.90. The quantitative estimate of drug-likeness (QED) is 0.569. The second-order valence-corrected chi connectivity index (χ2v) is 3.35. The Kier molecular flexibility index (Phi) is 2.06. The maximum absolute atomic E-state index is 8.85. The summed E-state index contributed by atoms with van der Waals surface area (Å²) in [4.78, 5) is 4.02. The van der Waals surface area contributed by atoms with Gasteiger partial charge in [0.05, 0.1) is 0 Å². The summed E-state index contributed by atoms with van der Waals surface area (Å²) in [5.74, 6) is 0.993. The third kappa shape index (κ3) is 1.45. The molecule has 2 rings (SSSR count). The van der Waals surface area contributed by atoms with Gasteiger partial charge in [-0.2, -0.15) is 0 Å². The average Bonchev–Trinajstić information content (AvgIpc) is 2.16. The van der Waals surface area contributed by atoms with Crippen LogP contribution in [0.2, 0.25) is 0 Å². The lowest BCUT2D eigenvalue weighted by atomic mass is 9.92. The number of rotatable bonds is 1. The predicted molar refractivity (Wildman–Crippen MR) is 50.7 cm³/mol. The van der Waals surface area contributed by atoms with Gasteiger partial charge >= 0.3 is 0 Å². The Morgan fingerprint density at radius 1 is 1.38 bits per heavy atom. The molecule has 1 aliphatic rings. The molecule has 4 nitrogen and oxygen atoms in total. The van der Waals surface area contributed by atoms with Crippen molar-refractivity contribution in [1.29, 1.82) is 0 Å². The van der Waals surface area contributed by atoms with E-state index in [9.17, 15) is 0 Å². The first kappa shape index (κ1) is 8.31. The number of hydrogen-bond acceptors (Lipinski definition) is 4. The van der Waals surface area contributed by atoms with E-state index in [0.29, 0.717) is 11.6 Å². The molecule has 0 saturated carbocycles. The van der Waals surface area contributed by atoms with Gasteiger partial charge in [-0.1, -0.05) is 0 Å². The second-order valence-electron chi connectivity index (χ2n) is 3.35. The van der Waals surface area contributed by atoms with Crippen LogP contribution in [0.5, 0.6) is 0 Å². The SMILES string of the molecule is Nc1cc2c(c(NO)n1)CCCC2.